The van der Waals surface area contributed by atoms with Crippen LogP contribution in [0.4, 0.5) is 9.52 Å². The second-order valence-corrected chi connectivity index (χ2v) is 7.76. The van der Waals surface area contributed by atoms with Crippen LogP contribution in [0.1, 0.15) is 24.3 Å². The molecule has 0 bridgehead atoms. The summed E-state index contributed by atoms with van der Waals surface area (Å²) in [5, 5.41) is 4.27. The number of pyridine rings is 1. The monoisotopic (exact) mass is 369 g/mol. The van der Waals surface area contributed by atoms with E-state index in [-0.39, 0.29) is 11.5 Å². The van der Waals surface area contributed by atoms with Crippen LogP contribution in [0.15, 0.2) is 35.3 Å². The fourth-order valence-electron chi connectivity index (χ4n) is 3.65. The van der Waals surface area contributed by atoms with Crippen LogP contribution < -0.4 is 11.0 Å². The van der Waals surface area contributed by atoms with Crippen LogP contribution >= 0.6 is 11.3 Å². The highest BCUT2D eigenvalue weighted by molar-refractivity contribution is 7.22. The Bertz CT molecular complexity index is 1190. The zero-order valence-electron chi connectivity index (χ0n) is 14.0. The maximum absolute atomic E-state index is 13.3. The van der Waals surface area contributed by atoms with Gasteiger partial charge < -0.3 is 5.32 Å². The molecule has 3 aromatic heterocycles. The Morgan fingerprint density at radius 2 is 2.19 bits per heavy atom. The SMILES string of the molecule is Cn1c(=O)[nH]c2nccc(C3CC(Nc4nc5ccc(F)cc5s4)C3)c21. The summed E-state index contributed by atoms with van der Waals surface area (Å²) in [6, 6.07) is 6.97. The number of fused-ring (bicyclic) bond motifs is 2. The lowest BCUT2D eigenvalue weighted by atomic mass is 9.76. The van der Waals surface area contributed by atoms with Crippen molar-refractivity contribution in [1.82, 2.24) is 19.5 Å². The number of H-pyrrole nitrogens is 1. The quantitative estimate of drug-likeness (QED) is 0.581. The standard InChI is InChI=1S/C18H16FN5OS/c1-24-15-12(4-5-20-16(15)23-18(24)25)9-6-11(7-9)21-17-22-13-3-2-10(19)8-14(13)26-17/h2-5,8-9,11H,6-7H2,1H3,(H,21,22)(H,20,23,25). The zero-order valence-corrected chi connectivity index (χ0v) is 14.8. The average molecular weight is 369 g/mol. The number of aromatic nitrogens is 4. The molecule has 0 amide bonds. The zero-order chi connectivity index (χ0) is 17.8. The van der Waals surface area contributed by atoms with Crippen LogP contribution in [0, 0.1) is 5.82 Å². The van der Waals surface area contributed by atoms with E-state index in [1.54, 1.807) is 23.9 Å². The molecule has 0 spiro atoms. The van der Waals surface area contributed by atoms with E-state index < -0.39 is 0 Å². The van der Waals surface area contributed by atoms with Crippen LogP contribution in [0.2, 0.25) is 0 Å². The van der Waals surface area contributed by atoms with Crippen molar-refractivity contribution in [1.29, 1.82) is 0 Å². The average Bonchev–Trinajstić information content (AvgIpc) is 3.11. The molecule has 0 unspecified atom stereocenters. The van der Waals surface area contributed by atoms with Crippen LogP contribution in [0.5, 0.6) is 0 Å². The van der Waals surface area contributed by atoms with Crippen LogP contribution in [-0.2, 0) is 7.05 Å². The molecule has 132 valence electrons. The van der Waals surface area contributed by atoms with Crippen molar-refractivity contribution in [3.05, 3.63) is 52.3 Å². The molecule has 3 heterocycles. The number of nitrogens with one attached hydrogen (secondary N) is 2. The molecule has 0 aliphatic heterocycles. The van der Waals surface area contributed by atoms with E-state index in [2.05, 4.69) is 20.3 Å². The molecule has 5 rings (SSSR count). The predicted octanol–water partition coefficient (Wildman–Crippen LogP) is 3.37. The van der Waals surface area contributed by atoms with Gasteiger partial charge in [-0.3, -0.25) is 9.55 Å². The molecule has 26 heavy (non-hydrogen) atoms. The minimum atomic E-state index is -0.241. The van der Waals surface area contributed by atoms with Gasteiger partial charge in [-0.05, 0) is 48.6 Å². The normalized spacial score (nSPS) is 19.8. The van der Waals surface area contributed by atoms with E-state index in [4.69, 9.17) is 0 Å². The summed E-state index contributed by atoms with van der Waals surface area (Å²) in [6.07, 6.45) is 3.67. The fourth-order valence-corrected chi connectivity index (χ4v) is 4.62. The largest absolute Gasteiger partial charge is 0.359 e. The van der Waals surface area contributed by atoms with Crippen molar-refractivity contribution in [2.45, 2.75) is 24.8 Å². The third kappa shape index (κ3) is 2.40. The summed E-state index contributed by atoms with van der Waals surface area (Å²) in [5.41, 5.74) is 3.35. The lowest BCUT2D eigenvalue weighted by Gasteiger charge is -2.36. The number of hydrogen-bond donors (Lipinski definition) is 2. The Labute approximate surface area is 151 Å². The molecule has 2 N–H and O–H groups in total. The molecule has 0 atom stereocenters. The van der Waals surface area contributed by atoms with E-state index in [0.29, 0.717) is 17.6 Å². The van der Waals surface area contributed by atoms with Crippen molar-refractivity contribution >= 4 is 37.8 Å². The number of imidazole rings is 1. The minimum Gasteiger partial charge on any atom is -0.359 e. The van der Waals surface area contributed by atoms with Crippen molar-refractivity contribution in [2.24, 2.45) is 7.05 Å². The number of nitrogens with zero attached hydrogens (tertiary/aromatic N) is 3. The second-order valence-electron chi connectivity index (χ2n) is 6.73. The van der Waals surface area contributed by atoms with Gasteiger partial charge in [-0.2, -0.15) is 0 Å². The Kier molecular flexibility index (Phi) is 3.36. The molecule has 6 nitrogen and oxygen atoms in total. The van der Waals surface area contributed by atoms with E-state index in [1.807, 2.05) is 6.07 Å². The van der Waals surface area contributed by atoms with Gasteiger partial charge in [0, 0.05) is 19.3 Å². The predicted molar refractivity (Wildman–Crippen MR) is 100 cm³/mol. The number of rotatable bonds is 3. The number of aryl methyl sites for hydroxylation is 1. The van der Waals surface area contributed by atoms with Crippen molar-refractivity contribution in [3.8, 4) is 0 Å². The van der Waals surface area contributed by atoms with Gasteiger partial charge in [0.05, 0.1) is 15.7 Å². The summed E-state index contributed by atoms with van der Waals surface area (Å²) in [4.78, 5) is 23.4. The Morgan fingerprint density at radius 1 is 1.35 bits per heavy atom. The Hall–Kier alpha value is -2.74. The van der Waals surface area contributed by atoms with Crippen molar-refractivity contribution in [3.63, 3.8) is 0 Å². The molecule has 8 heteroatoms. The molecular weight excluding hydrogens is 353 g/mol. The number of hydrogen-bond acceptors (Lipinski definition) is 5. The van der Waals surface area contributed by atoms with Gasteiger partial charge in [-0.15, -0.1) is 0 Å². The summed E-state index contributed by atoms with van der Waals surface area (Å²) in [7, 11) is 1.76. The highest BCUT2D eigenvalue weighted by atomic mass is 32.1. The molecule has 1 fully saturated rings. The molecule has 1 saturated carbocycles. The number of anilines is 1. The third-order valence-corrected chi connectivity index (χ3v) is 6.03. The first-order chi connectivity index (χ1) is 12.6. The van der Waals surface area contributed by atoms with Gasteiger partial charge in [-0.1, -0.05) is 11.3 Å². The van der Waals surface area contributed by atoms with Gasteiger partial charge in [0.25, 0.3) is 0 Å². The number of halogens is 1. The lowest BCUT2D eigenvalue weighted by Crippen LogP contribution is -2.34. The van der Waals surface area contributed by atoms with Gasteiger partial charge in [0.1, 0.15) is 5.82 Å². The smallest absolute Gasteiger partial charge is 0.327 e. The number of thiazole rings is 1. The topological polar surface area (TPSA) is 75.6 Å². The summed E-state index contributed by atoms with van der Waals surface area (Å²) in [6.45, 7) is 0. The minimum absolute atomic E-state index is 0.143. The van der Waals surface area contributed by atoms with Gasteiger partial charge in [-0.25, -0.2) is 19.2 Å². The number of aromatic amines is 1. The molecule has 4 aromatic rings. The van der Waals surface area contributed by atoms with Gasteiger partial charge >= 0.3 is 5.69 Å². The fraction of sp³-hybridized carbons (Fsp3) is 0.278. The third-order valence-electron chi connectivity index (χ3n) is 5.08. The van der Waals surface area contributed by atoms with Crippen molar-refractivity contribution in [2.75, 3.05) is 5.32 Å². The maximum Gasteiger partial charge on any atom is 0.327 e. The lowest BCUT2D eigenvalue weighted by molar-refractivity contribution is 0.375. The molecule has 0 saturated heterocycles. The van der Waals surface area contributed by atoms with Gasteiger partial charge in [0.15, 0.2) is 10.8 Å². The first-order valence-corrected chi connectivity index (χ1v) is 9.26. The van der Waals surface area contributed by atoms with Crippen molar-refractivity contribution < 1.29 is 4.39 Å². The summed E-state index contributed by atoms with van der Waals surface area (Å²) >= 11 is 1.47. The van der Waals surface area contributed by atoms with E-state index in [1.165, 1.54) is 23.5 Å². The molecular formula is C18H16FN5OS. The first kappa shape index (κ1) is 15.5. The highest BCUT2D eigenvalue weighted by Crippen LogP contribution is 2.41. The summed E-state index contributed by atoms with van der Waals surface area (Å²) < 4.78 is 15.8. The van der Waals surface area contributed by atoms with Crippen LogP contribution in [-0.4, -0.2) is 25.6 Å². The van der Waals surface area contributed by atoms with E-state index >= 15 is 0 Å². The molecule has 1 aromatic carbocycles. The second kappa shape index (κ2) is 5.63. The Balaban J connectivity index is 1.35. The maximum atomic E-state index is 13.3. The highest BCUT2D eigenvalue weighted by Gasteiger charge is 2.33. The Morgan fingerprint density at radius 3 is 3.04 bits per heavy atom. The summed E-state index contributed by atoms with van der Waals surface area (Å²) in [5.74, 6) is 0.140. The van der Waals surface area contributed by atoms with Gasteiger partial charge in [0.2, 0.25) is 0 Å². The van der Waals surface area contributed by atoms with E-state index in [0.717, 1.165) is 39.3 Å². The first-order valence-electron chi connectivity index (χ1n) is 8.45. The van der Waals surface area contributed by atoms with E-state index in [9.17, 15) is 9.18 Å². The number of benzene rings is 1. The molecule has 1 aliphatic rings. The van der Waals surface area contributed by atoms with Crippen LogP contribution in [0.3, 0.4) is 0 Å². The molecule has 1 aliphatic carbocycles. The molecule has 0 radical (unpaired) electrons. The van der Waals surface area contributed by atoms with Crippen LogP contribution in [0.25, 0.3) is 21.4 Å².